The first-order chi connectivity index (χ1) is 7.63. The molecule has 0 spiro atoms. The van der Waals surface area contributed by atoms with Crippen LogP contribution in [0.25, 0.3) is 0 Å². The second-order valence-electron chi connectivity index (χ2n) is 4.05. The van der Waals surface area contributed by atoms with Crippen LogP contribution in [0.5, 0.6) is 0 Å². The fourth-order valence-corrected chi connectivity index (χ4v) is 1.83. The van der Waals surface area contributed by atoms with Crippen molar-refractivity contribution in [2.75, 3.05) is 19.7 Å². The van der Waals surface area contributed by atoms with E-state index in [9.17, 15) is 9.59 Å². The van der Waals surface area contributed by atoms with Crippen LogP contribution in [0.2, 0.25) is 0 Å². The first kappa shape index (κ1) is 13.0. The molecule has 0 aliphatic carbocycles. The van der Waals surface area contributed by atoms with E-state index in [0.717, 1.165) is 19.3 Å². The summed E-state index contributed by atoms with van der Waals surface area (Å²) in [6.45, 7) is 3.92. The van der Waals surface area contributed by atoms with Gasteiger partial charge in [-0.1, -0.05) is 6.92 Å². The van der Waals surface area contributed by atoms with Crippen LogP contribution in [-0.2, 0) is 14.3 Å². The van der Waals surface area contributed by atoms with E-state index < -0.39 is 12.4 Å². The molecule has 5 heteroatoms. The van der Waals surface area contributed by atoms with Crippen LogP contribution in [0.4, 0.5) is 0 Å². The quantitative estimate of drug-likeness (QED) is 0.711. The number of carbonyl (C=O) groups is 2. The van der Waals surface area contributed by atoms with Gasteiger partial charge in [0.25, 0.3) is 0 Å². The largest absolute Gasteiger partial charge is 0.481 e. The Kier molecular flexibility index (Phi) is 5.25. The summed E-state index contributed by atoms with van der Waals surface area (Å²) in [5, 5.41) is 8.54. The highest BCUT2D eigenvalue weighted by Gasteiger charge is 2.24. The first-order valence-corrected chi connectivity index (χ1v) is 5.74. The molecule has 0 aromatic carbocycles. The van der Waals surface area contributed by atoms with Crippen LogP contribution in [0, 0.1) is 0 Å². The summed E-state index contributed by atoms with van der Waals surface area (Å²) in [6, 6.07) is 0. The Morgan fingerprint density at radius 2 is 2.25 bits per heavy atom. The second kappa shape index (κ2) is 6.48. The minimum absolute atomic E-state index is 0.0754. The van der Waals surface area contributed by atoms with Crippen molar-refractivity contribution in [2.45, 2.75) is 38.7 Å². The Morgan fingerprint density at radius 3 is 2.88 bits per heavy atom. The minimum Gasteiger partial charge on any atom is -0.481 e. The molecule has 16 heavy (non-hydrogen) atoms. The summed E-state index contributed by atoms with van der Waals surface area (Å²) in [5.74, 6) is -1.38. The zero-order valence-corrected chi connectivity index (χ0v) is 9.65. The third kappa shape index (κ3) is 4.18. The van der Waals surface area contributed by atoms with E-state index >= 15 is 0 Å². The van der Waals surface area contributed by atoms with E-state index in [1.54, 1.807) is 4.90 Å². The number of nitrogens with zero attached hydrogens (tertiary/aromatic N) is 1. The molecule has 1 rings (SSSR count). The van der Waals surface area contributed by atoms with Crippen molar-refractivity contribution >= 4 is 11.9 Å². The van der Waals surface area contributed by atoms with Gasteiger partial charge in [0, 0.05) is 19.7 Å². The van der Waals surface area contributed by atoms with Crippen LogP contribution in [0.1, 0.15) is 32.6 Å². The lowest BCUT2D eigenvalue weighted by atomic mass is 10.1. The third-order valence-corrected chi connectivity index (χ3v) is 2.59. The van der Waals surface area contributed by atoms with Crippen molar-refractivity contribution in [3.63, 3.8) is 0 Å². The summed E-state index contributed by atoms with van der Waals surface area (Å²) in [7, 11) is 0. The van der Waals surface area contributed by atoms with Crippen LogP contribution < -0.4 is 0 Å². The molecule has 1 saturated heterocycles. The zero-order chi connectivity index (χ0) is 12.0. The lowest BCUT2D eigenvalue weighted by Gasteiger charge is -2.32. The van der Waals surface area contributed by atoms with Crippen molar-refractivity contribution in [2.24, 2.45) is 0 Å². The third-order valence-electron chi connectivity index (χ3n) is 2.59. The monoisotopic (exact) mass is 229 g/mol. The SMILES string of the molecule is CCCOC1CCCN(C(=O)CC(=O)O)C1. The minimum atomic E-state index is -1.07. The molecular formula is C11H19NO4. The highest BCUT2D eigenvalue weighted by atomic mass is 16.5. The molecule has 0 aromatic rings. The number of hydrogen-bond donors (Lipinski definition) is 1. The van der Waals surface area contributed by atoms with Gasteiger partial charge in [0.05, 0.1) is 6.10 Å². The molecule has 1 atom stereocenters. The second-order valence-corrected chi connectivity index (χ2v) is 4.05. The highest BCUT2D eigenvalue weighted by Crippen LogP contribution is 2.14. The number of carboxylic acids is 1. The van der Waals surface area contributed by atoms with Crippen molar-refractivity contribution < 1.29 is 19.4 Å². The summed E-state index contributed by atoms with van der Waals surface area (Å²) >= 11 is 0. The molecule has 1 N–H and O–H groups in total. The van der Waals surface area contributed by atoms with Crippen molar-refractivity contribution in [1.29, 1.82) is 0 Å². The molecule has 1 unspecified atom stereocenters. The molecule has 0 radical (unpaired) electrons. The Hall–Kier alpha value is -1.10. The fraction of sp³-hybridized carbons (Fsp3) is 0.818. The lowest BCUT2D eigenvalue weighted by molar-refractivity contribution is -0.146. The van der Waals surface area contributed by atoms with Gasteiger partial charge in [-0.3, -0.25) is 9.59 Å². The van der Waals surface area contributed by atoms with E-state index in [0.29, 0.717) is 19.7 Å². The number of likely N-dealkylation sites (tertiary alicyclic amines) is 1. The smallest absolute Gasteiger partial charge is 0.312 e. The van der Waals surface area contributed by atoms with Gasteiger partial charge in [0.1, 0.15) is 6.42 Å². The molecule has 0 saturated carbocycles. The van der Waals surface area contributed by atoms with Crippen molar-refractivity contribution in [1.82, 2.24) is 4.90 Å². The van der Waals surface area contributed by atoms with E-state index in [4.69, 9.17) is 9.84 Å². The summed E-state index contributed by atoms with van der Waals surface area (Å²) in [4.78, 5) is 23.5. The van der Waals surface area contributed by atoms with E-state index in [1.807, 2.05) is 6.92 Å². The molecule has 1 amide bonds. The number of carbonyl (C=O) groups excluding carboxylic acids is 1. The van der Waals surface area contributed by atoms with Crippen molar-refractivity contribution in [3.8, 4) is 0 Å². The number of rotatable bonds is 5. The molecule has 1 fully saturated rings. The molecule has 1 aliphatic heterocycles. The summed E-state index contributed by atoms with van der Waals surface area (Å²) < 4.78 is 5.58. The van der Waals surface area contributed by atoms with Gasteiger partial charge in [-0.05, 0) is 19.3 Å². The molecular weight excluding hydrogens is 210 g/mol. The van der Waals surface area contributed by atoms with Gasteiger partial charge >= 0.3 is 5.97 Å². The summed E-state index contributed by atoms with van der Waals surface area (Å²) in [6.07, 6.45) is 2.46. The average Bonchev–Trinajstić information content (AvgIpc) is 2.26. The topological polar surface area (TPSA) is 66.8 Å². The molecule has 5 nitrogen and oxygen atoms in total. The predicted octanol–water partition coefficient (Wildman–Crippen LogP) is 0.879. The first-order valence-electron chi connectivity index (χ1n) is 5.74. The molecule has 0 bridgehead atoms. The normalized spacial score (nSPS) is 20.8. The number of aliphatic carboxylic acids is 1. The van der Waals surface area contributed by atoms with Gasteiger partial charge in [0.15, 0.2) is 0 Å². The van der Waals surface area contributed by atoms with Gasteiger partial charge < -0.3 is 14.7 Å². The number of hydrogen-bond acceptors (Lipinski definition) is 3. The van der Waals surface area contributed by atoms with Gasteiger partial charge in [0.2, 0.25) is 5.91 Å². The van der Waals surface area contributed by atoms with Crippen LogP contribution in [0.3, 0.4) is 0 Å². The maximum atomic E-state index is 11.5. The Balaban J connectivity index is 2.37. The molecule has 1 aliphatic rings. The number of ether oxygens (including phenoxy) is 1. The standard InChI is InChI=1S/C11H19NO4/c1-2-6-16-9-4-3-5-12(8-9)10(13)7-11(14)15/h9H,2-8H2,1H3,(H,14,15). The maximum Gasteiger partial charge on any atom is 0.312 e. The van der Waals surface area contributed by atoms with Crippen molar-refractivity contribution in [3.05, 3.63) is 0 Å². The average molecular weight is 229 g/mol. The number of carboxylic acid groups (broad SMARTS) is 1. The van der Waals surface area contributed by atoms with E-state index in [-0.39, 0.29) is 12.0 Å². The lowest BCUT2D eigenvalue weighted by Crippen LogP contribution is -2.43. The Bertz CT molecular complexity index is 254. The van der Waals surface area contributed by atoms with Crippen LogP contribution in [-0.4, -0.2) is 47.7 Å². The zero-order valence-electron chi connectivity index (χ0n) is 9.65. The molecule has 1 heterocycles. The number of piperidine rings is 1. The van der Waals surface area contributed by atoms with Gasteiger partial charge in [-0.2, -0.15) is 0 Å². The number of amides is 1. The van der Waals surface area contributed by atoms with Crippen LogP contribution in [0.15, 0.2) is 0 Å². The predicted molar refractivity (Wildman–Crippen MR) is 58.1 cm³/mol. The molecule has 0 aromatic heterocycles. The van der Waals surface area contributed by atoms with E-state index in [2.05, 4.69) is 0 Å². The highest BCUT2D eigenvalue weighted by molar-refractivity contribution is 5.93. The Labute approximate surface area is 95.4 Å². The van der Waals surface area contributed by atoms with E-state index in [1.165, 1.54) is 0 Å². The maximum absolute atomic E-state index is 11.5. The van der Waals surface area contributed by atoms with Gasteiger partial charge in [-0.25, -0.2) is 0 Å². The van der Waals surface area contributed by atoms with Crippen LogP contribution >= 0.6 is 0 Å². The Morgan fingerprint density at radius 1 is 1.50 bits per heavy atom. The molecule has 92 valence electrons. The summed E-state index contributed by atoms with van der Waals surface area (Å²) in [5.41, 5.74) is 0. The van der Waals surface area contributed by atoms with Gasteiger partial charge in [-0.15, -0.1) is 0 Å². The fourth-order valence-electron chi connectivity index (χ4n) is 1.83.